The molecule has 22 heavy (non-hydrogen) atoms. The number of fused-ring (bicyclic) bond motifs is 1. The maximum atomic E-state index is 13.4. The Hall–Kier alpha value is -2.31. The van der Waals surface area contributed by atoms with Crippen molar-refractivity contribution in [1.29, 1.82) is 0 Å². The zero-order valence-electron chi connectivity index (χ0n) is 11.4. The van der Waals surface area contributed by atoms with Crippen molar-refractivity contribution in [3.05, 3.63) is 51.7 Å². The van der Waals surface area contributed by atoms with Crippen LogP contribution in [0.25, 0.3) is 11.1 Å². The second-order valence-electron chi connectivity index (χ2n) is 5.21. The Bertz CT molecular complexity index is 808. The monoisotopic (exact) mass is 312 g/mol. The third-order valence-corrected chi connectivity index (χ3v) is 3.81. The van der Waals surface area contributed by atoms with E-state index in [0.29, 0.717) is 31.1 Å². The number of nitrogens with two attached hydrogens (primary N) is 1. The van der Waals surface area contributed by atoms with Gasteiger partial charge >= 0.3 is 6.18 Å². The number of nitrogen functional groups attached to an aromatic ring is 1. The molecule has 1 aliphatic heterocycles. The van der Waals surface area contributed by atoms with Gasteiger partial charge in [-0.15, -0.1) is 0 Å². The average Bonchev–Trinajstić information content (AvgIpc) is 2.91. The van der Waals surface area contributed by atoms with Gasteiger partial charge in [0.2, 0.25) is 0 Å². The van der Waals surface area contributed by atoms with Gasteiger partial charge in [0.15, 0.2) is 0 Å². The summed E-state index contributed by atoms with van der Waals surface area (Å²) in [7, 11) is 0. The minimum Gasteiger partial charge on any atom is -0.397 e. The van der Waals surface area contributed by atoms with Crippen LogP contribution in [0.15, 0.2) is 29.1 Å². The smallest absolute Gasteiger partial charge is 0.397 e. The number of nitrogens with zero attached hydrogens (tertiary/aromatic N) is 1. The van der Waals surface area contributed by atoms with Crippen molar-refractivity contribution < 1.29 is 17.6 Å². The molecule has 116 valence electrons. The second kappa shape index (κ2) is 4.86. The third-order valence-electron chi connectivity index (χ3n) is 3.81. The molecular weight excluding hydrogens is 300 g/mol. The number of hydrogen-bond acceptors (Lipinski definition) is 2. The Morgan fingerprint density at radius 1 is 1.14 bits per heavy atom. The molecule has 1 aromatic heterocycles. The number of hydrogen-bond donors (Lipinski definition) is 1. The Morgan fingerprint density at radius 3 is 2.55 bits per heavy atom. The first kappa shape index (κ1) is 14.6. The van der Waals surface area contributed by atoms with Crippen LogP contribution in [0.2, 0.25) is 0 Å². The average molecular weight is 312 g/mol. The van der Waals surface area contributed by atoms with Crippen molar-refractivity contribution in [2.75, 3.05) is 5.73 Å². The van der Waals surface area contributed by atoms with E-state index in [1.165, 1.54) is 10.6 Å². The molecule has 3 nitrogen and oxygen atoms in total. The molecule has 0 atom stereocenters. The lowest BCUT2D eigenvalue weighted by Gasteiger charge is -2.15. The lowest BCUT2D eigenvalue weighted by molar-refractivity contribution is -0.137. The van der Waals surface area contributed by atoms with Gasteiger partial charge in [0.25, 0.3) is 5.56 Å². The van der Waals surface area contributed by atoms with E-state index in [0.717, 1.165) is 12.1 Å². The first-order chi connectivity index (χ1) is 10.3. The summed E-state index contributed by atoms with van der Waals surface area (Å²) < 4.78 is 54.1. The zero-order chi connectivity index (χ0) is 16.1. The van der Waals surface area contributed by atoms with Gasteiger partial charge < -0.3 is 10.3 Å². The van der Waals surface area contributed by atoms with E-state index in [9.17, 15) is 22.4 Å². The van der Waals surface area contributed by atoms with Crippen molar-refractivity contribution in [3.8, 4) is 11.1 Å². The van der Waals surface area contributed by atoms with Crippen molar-refractivity contribution >= 4 is 5.69 Å². The molecule has 2 N–H and O–H groups in total. The van der Waals surface area contributed by atoms with Crippen LogP contribution in [0.4, 0.5) is 23.2 Å². The number of aromatic nitrogens is 1. The largest absolute Gasteiger partial charge is 0.417 e. The topological polar surface area (TPSA) is 48.0 Å². The molecule has 2 heterocycles. The Balaban J connectivity index is 2.32. The fourth-order valence-electron chi connectivity index (χ4n) is 2.82. The molecule has 0 radical (unpaired) electrons. The number of halogens is 4. The van der Waals surface area contributed by atoms with Gasteiger partial charge in [-0.1, -0.05) is 0 Å². The van der Waals surface area contributed by atoms with E-state index in [-0.39, 0.29) is 11.3 Å². The molecule has 1 aliphatic rings. The van der Waals surface area contributed by atoms with Crippen LogP contribution in [0.1, 0.15) is 17.7 Å². The molecule has 0 fully saturated rings. The van der Waals surface area contributed by atoms with E-state index in [1.54, 1.807) is 0 Å². The summed E-state index contributed by atoms with van der Waals surface area (Å²) in [6, 6.07) is 3.29. The first-order valence-electron chi connectivity index (χ1n) is 6.68. The molecule has 0 saturated carbocycles. The van der Waals surface area contributed by atoms with E-state index in [2.05, 4.69) is 0 Å². The highest BCUT2D eigenvalue weighted by Gasteiger charge is 2.35. The van der Waals surface area contributed by atoms with Crippen LogP contribution in [0, 0.1) is 5.82 Å². The van der Waals surface area contributed by atoms with Crippen LogP contribution >= 0.6 is 0 Å². The number of pyridine rings is 1. The molecular formula is C15H12F4N2O. The summed E-state index contributed by atoms with van der Waals surface area (Å²) in [6.07, 6.45) is -3.37. The molecule has 2 aromatic rings. The van der Waals surface area contributed by atoms with E-state index >= 15 is 0 Å². The molecule has 0 aliphatic carbocycles. The Kier molecular flexibility index (Phi) is 3.23. The summed E-state index contributed by atoms with van der Waals surface area (Å²) >= 11 is 0. The highest BCUT2D eigenvalue weighted by molar-refractivity contribution is 5.71. The number of alkyl halides is 3. The minimum absolute atomic E-state index is 0.227. The SMILES string of the molecule is Nc1cc(-c2cc(F)ccc2C(F)(F)F)c(=O)n2c1CCC2. The first-order valence-corrected chi connectivity index (χ1v) is 6.68. The fraction of sp³-hybridized carbons (Fsp3) is 0.267. The maximum absolute atomic E-state index is 13.4. The second-order valence-corrected chi connectivity index (χ2v) is 5.21. The molecule has 0 bridgehead atoms. The summed E-state index contributed by atoms with van der Waals surface area (Å²) in [5.74, 6) is -0.841. The van der Waals surface area contributed by atoms with Crippen LogP contribution in [0.5, 0.6) is 0 Å². The summed E-state index contributed by atoms with van der Waals surface area (Å²) in [6.45, 7) is 0.406. The summed E-state index contributed by atoms with van der Waals surface area (Å²) in [4.78, 5) is 12.4. The summed E-state index contributed by atoms with van der Waals surface area (Å²) in [5, 5.41) is 0. The molecule has 1 aromatic carbocycles. The highest BCUT2D eigenvalue weighted by Crippen LogP contribution is 2.37. The molecule has 0 spiro atoms. The third kappa shape index (κ3) is 2.26. The van der Waals surface area contributed by atoms with Crippen molar-refractivity contribution in [2.45, 2.75) is 25.6 Å². The number of anilines is 1. The number of benzene rings is 1. The van der Waals surface area contributed by atoms with E-state index in [1.807, 2.05) is 0 Å². The Morgan fingerprint density at radius 2 is 1.86 bits per heavy atom. The van der Waals surface area contributed by atoms with Gasteiger partial charge in [-0.05, 0) is 37.1 Å². The van der Waals surface area contributed by atoms with E-state index in [4.69, 9.17) is 5.73 Å². The fourth-order valence-corrected chi connectivity index (χ4v) is 2.82. The normalized spacial score (nSPS) is 14.2. The standard InChI is InChI=1S/C15H12F4N2O/c16-8-3-4-11(15(17,18)19)9(6-8)10-7-12(20)13-2-1-5-21(13)14(10)22/h3-4,6-7H,1-2,5,20H2. The maximum Gasteiger partial charge on any atom is 0.417 e. The van der Waals surface area contributed by atoms with Crippen molar-refractivity contribution in [1.82, 2.24) is 4.57 Å². The quantitative estimate of drug-likeness (QED) is 0.822. The van der Waals surface area contributed by atoms with Gasteiger partial charge in [-0.25, -0.2) is 4.39 Å². The predicted octanol–water partition coefficient (Wildman–Crippen LogP) is 3.20. The van der Waals surface area contributed by atoms with Crippen LogP contribution in [-0.4, -0.2) is 4.57 Å². The van der Waals surface area contributed by atoms with Gasteiger partial charge in [0.05, 0.1) is 11.3 Å². The predicted molar refractivity (Wildman–Crippen MR) is 73.8 cm³/mol. The molecule has 7 heteroatoms. The molecule has 0 saturated heterocycles. The van der Waals surface area contributed by atoms with E-state index < -0.39 is 28.7 Å². The van der Waals surface area contributed by atoms with Crippen LogP contribution in [-0.2, 0) is 19.1 Å². The van der Waals surface area contributed by atoms with Gasteiger partial charge in [0, 0.05) is 23.4 Å². The van der Waals surface area contributed by atoms with Gasteiger partial charge in [-0.3, -0.25) is 4.79 Å². The summed E-state index contributed by atoms with van der Waals surface area (Å²) in [5.41, 5.74) is 4.39. The lowest BCUT2D eigenvalue weighted by atomic mass is 9.99. The molecule has 0 amide bonds. The van der Waals surface area contributed by atoms with Crippen molar-refractivity contribution in [2.24, 2.45) is 0 Å². The molecule has 3 rings (SSSR count). The highest BCUT2D eigenvalue weighted by atomic mass is 19.4. The van der Waals surface area contributed by atoms with Gasteiger partial charge in [0.1, 0.15) is 5.82 Å². The number of rotatable bonds is 1. The Labute approximate surface area is 123 Å². The van der Waals surface area contributed by atoms with Crippen LogP contribution < -0.4 is 11.3 Å². The van der Waals surface area contributed by atoms with Crippen LogP contribution in [0.3, 0.4) is 0 Å². The zero-order valence-corrected chi connectivity index (χ0v) is 11.4. The van der Waals surface area contributed by atoms with Crippen molar-refractivity contribution in [3.63, 3.8) is 0 Å². The lowest BCUT2D eigenvalue weighted by Crippen LogP contribution is -2.23. The molecule has 0 unspecified atom stereocenters. The minimum atomic E-state index is -4.69. The van der Waals surface area contributed by atoms with Gasteiger partial charge in [-0.2, -0.15) is 13.2 Å².